The highest BCUT2D eigenvalue weighted by Crippen LogP contribution is 2.19. The van der Waals surface area contributed by atoms with Crippen LogP contribution in [0.4, 0.5) is 5.69 Å². The van der Waals surface area contributed by atoms with Crippen LogP contribution in [0.2, 0.25) is 0 Å². The Morgan fingerprint density at radius 1 is 1.28 bits per heavy atom. The molecule has 1 fully saturated rings. The minimum Gasteiger partial charge on any atom is -0.376 e. The number of ether oxygens (including phenoxy) is 1. The molecular formula is C18H26N4O3. The van der Waals surface area contributed by atoms with Gasteiger partial charge >= 0.3 is 11.8 Å². The van der Waals surface area contributed by atoms with Gasteiger partial charge in [-0.2, -0.15) is 5.10 Å². The zero-order chi connectivity index (χ0) is 17.5. The first kappa shape index (κ1) is 17.7. The van der Waals surface area contributed by atoms with E-state index in [1.807, 2.05) is 0 Å². The highest BCUT2D eigenvalue weighted by molar-refractivity contribution is 6.39. The van der Waals surface area contributed by atoms with Crippen molar-refractivity contribution < 1.29 is 14.3 Å². The van der Waals surface area contributed by atoms with Crippen LogP contribution in [0, 0.1) is 0 Å². The molecule has 1 atom stereocenters. The van der Waals surface area contributed by atoms with Crippen LogP contribution >= 0.6 is 0 Å². The molecule has 25 heavy (non-hydrogen) atoms. The molecule has 0 saturated carbocycles. The van der Waals surface area contributed by atoms with Crippen LogP contribution in [0.25, 0.3) is 0 Å². The highest BCUT2D eigenvalue weighted by atomic mass is 16.5. The van der Waals surface area contributed by atoms with E-state index in [-0.39, 0.29) is 6.10 Å². The topological polar surface area (TPSA) is 85.3 Å². The number of aromatic nitrogens is 2. The SMILES string of the molecule is O=C(NCCC1=CCCCC1)C(=O)Nc1cnn(C[C@H]2CCCO2)c1. The lowest BCUT2D eigenvalue weighted by Gasteiger charge is -2.12. The van der Waals surface area contributed by atoms with E-state index in [2.05, 4.69) is 21.8 Å². The molecule has 0 bridgehead atoms. The molecule has 0 unspecified atom stereocenters. The lowest BCUT2D eigenvalue weighted by Crippen LogP contribution is -2.36. The van der Waals surface area contributed by atoms with Crippen molar-refractivity contribution in [3.8, 4) is 0 Å². The molecule has 7 heteroatoms. The Morgan fingerprint density at radius 3 is 2.96 bits per heavy atom. The molecule has 136 valence electrons. The van der Waals surface area contributed by atoms with E-state index in [4.69, 9.17) is 4.74 Å². The van der Waals surface area contributed by atoms with Crippen LogP contribution in [0.3, 0.4) is 0 Å². The predicted octanol–water partition coefficient (Wildman–Crippen LogP) is 2.01. The number of amides is 2. The van der Waals surface area contributed by atoms with E-state index >= 15 is 0 Å². The molecule has 2 aliphatic rings. The van der Waals surface area contributed by atoms with Crippen LogP contribution in [-0.4, -0.2) is 40.9 Å². The van der Waals surface area contributed by atoms with Gasteiger partial charge in [0.25, 0.3) is 0 Å². The Kier molecular flexibility index (Phi) is 6.22. The van der Waals surface area contributed by atoms with Crippen LogP contribution in [0.15, 0.2) is 24.0 Å². The highest BCUT2D eigenvalue weighted by Gasteiger charge is 2.18. The van der Waals surface area contributed by atoms with Gasteiger partial charge in [0, 0.05) is 19.3 Å². The lowest BCUT2D eigenvalue weighted by atomic mass is 9.97. The van der Waals surface area contributed by atoms with Crippen molar-refractivity contribution in [1.82, 2.24) is 15.1 Å². The standard InChI is InChI=1S/C18H26N4O3/c23-17(19-9-8-14-5-2-1-3-6-14)18(24)21-15-11-20-22(12-15)13-16-7-4-10-25-16/h5,11-12,16H,1-4,6-10,13H2,(H,19,23)(H,21,24)/t16-/m1/s1. The van der Waals surface area contributed by atoms with Gasteiger partial charge in [-0.1, -0.05) is 11.6 Å². The van der Waals surface area contributed by atoms with Crippen molar-refractivity contribution in [3.05, 3.63) is 24.0 Å². The summed E-state index contributed by atoms with van der Waals surface area (Å²) in [6.07, 6.45) is 13.3. The summed E-state index contributed by atoms with van der Waals surface area (Å²) < 4.78 is 7.30. The van der Waals surface area contributed by atoms with Gasteiger partial charge in [0.05, 0.1) is 24.5 Å². The molecule has 1 saturated heterocycles. The molecule has 1 aliphatic carbocycles. The first-order valence-electron chi connectivity index (χ1n) is 9.12. The number of nitrogens with one attached hydrogen (secondary N) is 2. The van der Waals surface area contributed by atoms with Gasteiger partial charge in [0.1, 0.15) is 0 Å². The summed E-state index contributed by atoms with van der Waals surface area (Å²) >= 11 is 0. The molecule has 1 aromatic rings. The number of carbonyl (C=O) groups is 2. The quantitative estimate of drug-likeness (QED) is 0.609. The normalized spacial score (nSPS) is 20.2. The zero-order valence-electron chi connectivity index (χ0n) is 14.5. The molecule has 0 aromatic carbocycles. The minimum atomic E-state index is -0.658. The summed E-state index contributed by atoms with van der Waals surface area (Å²) in [7, 11) is 0. The molecule has 1 aliphatic heterocycles. The van der Waals surface area contributed by atoms with Crippen molar-refractivity contribution >= 4 is 17.5 Å². The fourth-order valence-corrected chi connectivity index (χ4v) is 3.26. The van der Waals surface area contributed by atoms with Gasteiger partial charge in [0.15, 0.2) is 0 Å². The van der Waals surface area contributed by atoms with Crippen LogP contribution < -0.4 is 10.6 Å². The summed E-state index contributed by atoms with van der Waals surface area (Å²) in [6.45, 7) is 1.96. The number of rotatable bonds is 6. The largest absolute Gasteiger partial charge is 0.376 e. The Labute approximate surface area is 147 Å². The molecular weight excluding hydrogens is 320 g/mol. The molecule has 2 amide bonds. The number of allylic oxidation sites excluding steroid dienone is 1. The summed E-state index contributed by atoms with van der Waals surface area (Å²) in [6, 6.07) is 0. The van der Waals surface area contributed by atoms with Crippen molar-refractivity contribution in [2.24, 2.45) is 0 Å². The average molecular weight is 346 g/mol. The molecule has 2 heterocycles. The number of nitrogens with zero attached hydrogens (tertiary/aromatic N) is 2. The first-order valence-corrected chi connectivity index (χ1v) is 9.12. The van der Waals surface area contributed by atoms with Crippen molar-refractivity contribution in [2.75, 3.05) is 18.5 Å². The molecule has 2 N–H and O–H groups in total. The van der Waals surface area contributed by atoms with Crippen LogP contribution in [0.5, 0.6) is 0 Å². The van der Waals surface area contributed by atoms with E-state index in [0.29, 0.717) is 18.8 Å². The number of hydrogen-bond donors (Lipinski definition) is 2. The van der Waals surface area contributed by atoms with E-state index in [9.17, 15) is 9.59 Å². The monoisotopic (exact) mass is 346 g/mol. The maximum absolute atomic E-state index is 11.9. The fraction of sp³-hybridized carbons (Fsp3) is 0.611. The van der Waals surface area contributed by atoms with Gasteiger partial charge in [-0.15, -0.1) is 0 Å². The Balaban J connectivity index is 1.39. The Morgan fingerprint density at radius 2 is 2.20 bits per heavy atom. The average Bonchev–Trinajstić information content (AvgIpc) is 3.28. The summed E-state index contributed by atoms with van der Waals surface area (Å²) in [5.41, 5.74) is 1.90. The van der Waals surface area contributed by atoms with Gasteiger partial charge in [-0.25, -0.2) is 0 Å². The summed E-state index contributed by atoms with van der Waals surface area (Å²) in [5, 5.41) is 9.46. The second kappa shape index (κ2) is 8.80. The minimum absolute atomic E-state index is 0.181. The Bertz CT molecular complexity index is 632. The number of carbonyl (C=O) groups excluding carboxylic acids is 2. The van der Waals surface area contributed by atoms with E-state index < -0.39 is 11.8 Å². The zero-order valence-corrected chi connectivity index (χ0v) is 14.5. The predicted molar refractivity (Wildman–Crippen MR) is 94.0 cm³/mol. The fourth-order valence-electron chi connectivity index (χ4n) is 3.26. The van der Waals surface area contributed by atoms with Crippen molar-refractivity contribution in [2.45, 2.75) is 57.6 Å². The molecule has 0 spiro atoms. The third-order valence-electron chi connectivity index (χ3n) is 4.63. The molecule has 1 aromatic heterocycles. The molecule has 3 rings (SSSR count). The van der Waals surface area contributed by atoms with E-state index in [1.165, 1.54) is 18.4 Å². The van der Waals surface area contributed by atoms with Gasteiger partial charge < -0.3 is 15.4 Å². The lowest BCUT2D eigenvalue weighted by molar-refractivity contribution is -0.136. The van der Waals surface area contributed by atoms with Gasteiger partial charge in [-0.3, -0.25) is 14.3 Å². The summed E-state index contributed by atoms with van der Waals surface area (Å²) in [5.74, 6) is -1.27. The molecule has 0 radical (unpaired) electrons. The van der Waals surface area contributed by atoms with Gasteiger partial charge in [-0.05, 0) is 44.9 Å². The third kappa shape index (κ3) is 5.42. The van der Waals surface area contributed by atoms with Gasteiger partial charge in [0.2, 0.25) is 0 Å². The third-order valence-corrected chi connectivity index (χ3v) is 4.63. The van der Waals surface area contributed by atoms with Crippen molar-refractivity contribution in [3.63, 3.8) is 0 Å². The smallest absolute Gasteiger partial charge is 0.313 e. The van der Waals surface area contributed by atoms with E-state index in [0.717, 1.165) is 38.7 Å². The maximum atomic E-state index is 11.9. The number of anilines is 1. The second-order valence-electron chi connectivity index (χ2n) is 6.65. The first-order chi connectivity index (χ1) is 12.2. The Hall–Kier alpha value is -2.15. The second-order valence-corrected chi connectivity index (χ2v) is 6.65. The van der Waals surface area contributed by atoms with E-state index in [1.54, 1.807) is 17.1 Å². The molecule has 7 nitrogen and oxygen atoms in total. The van der Waals surface area contributed by atoms with Crippen LogP contribution in [-0.2, 0) is 20.9 Å². The summed E-state index contributed by atoms with van der Waals surface area (Å²) in [4.78, 5) is 23.8. The van der Waals surface area contributed by atoms with Crippen molar-refractivity contribution in [1.29, 1.82) is 0 Å². The number of hydrogen-bond acceptors (Lipinski definition) is 4. The van der Waals surface area contributed by atoms with Crippen LogP contribution in [0.1, 0.15) is 44.9 Å². The maximum Gasteiger partial charge on any atom is 0.313 e.